The molecule has 30 heavy (non-hydrogen) atoms. The zero-order valence-electron chi connectivity index (χ0n) is 17.4. The SMILES string of the molecule is C=CCc1cc(C=NNC(=O)C(NC(=O)c2ccccc2)C(C)C)cc(OC)c1O. The highest BCUT2D eigenvalue weighted by atomic mass is 16.5. The summed E-state index contributed by atoms with van der Waals surface area (Å²) in [5.41, 5.74) is 4.21. The lowest BCUT2D eigenvalue weighted by molar-refractivity contribution is -0.123. The highest BCUT2D eigenvalue weighted by Crippen LogP contribution is 2.31. The maximum absolute atomic E-state index is 12.6. The summed E-state index contributed by atoms with van der Waals surface area (Å²) < 4.78 is 5.17. The number of benzene rings is 2. The molecule has 2 aromatic rings. The molecule has 0 heterocycles. The van der Waals surface area contributed by atoms with Gasteiger partial charge in [-0.1, -0.05) is 38.1 Å². The van der Waals surface area contributed by atoms with Gasteiger partial charge in [-0.25, -0.2) is 5.43 Å². The zero-order valence-corrected chi connectivity index (χ0v) is 17.4. The molecule has 7 heteroatoms. The Morgan fingerprint density at radius 1 is 1.23 bits per heavy atom. The average Bonchev–Trinajstić information content (AvgIpc) is 2.74. The molecule has 0 aliphatic heterocycles. The van der Waals surface area contributed by atoms with E-state index in [1.165, 1.54) is 13.3 Å². The minimum Gasteiger partial charge on any atom is -0.504 e. The second-order valence-corrected chi connectivity index (χ2v) is 7.02. The number of nitrogens with zero attached hydrogens (tertiary/aromatic N) is 1. The van der Waals surface area contributed by atoms with Crippen LogP contribution in [0.15, 0.2) is 60.2 Å². The number of hydrogen-bond acceptors (Lipinski definition) is 5. The summed E-state index contributed by atoms with van der Waals surface area (Å²) in [5, 5.41) is 16.9. The van der Waals surface area contributed by atoms with Crippen molar-refractivity contribution in [2.75, 3.05) is 7.11 Å². The van der Waals surface area contributed by atoms with Crippen LogP contribution in [0.1, 0.15) is 35.3 Å². The molecule has 0 aliphatic carbocycles. The highest BCUT2D eigenvalue weighted by molar-refractivity contribution is 5.97. The molecule has 0 fully saturated rings. The Balaban J connectivity index is 2.10. The first-order valence-electron chi connectivity index (χ1n) is 9.57. The lowest BCUT2D eigenvalue weighted by Gasteiger charge is -2.20. The second-order valence-electron chi connectivity index (χ2n) is 7.02. The number of carbonyl (C=O) groups excluding carboxylic acids is 2. The van der Waals surface area contributed by atoms with Gasteiger partial charge >= 0.3 is 0 Å². The average molecular weight is 409 g/mol. The third kappa shape index (κ3) is 5.94. The topological polar surface area (TPSA) is 100 Å². The van der Waals surface area contributed by atoms with Crippen LogP contribution in [0.2, 0.25) is 0 Å². The maximum atomic E-state index is 12.6. The van der Waals surface area contributed by atoms with Gasteiger partial charge in [0.15, 0.2) is 11.5 Å². The number of phenols is 1. The molecular formula is C23H27N3O4. The summed E-state index contributed by atoms with van der Waals surface area (Å²) in [6.07, 6.45) is 3.57. The van der Waals surface area contributed by atoms with E-state index in [4.69, 9.17) is 4.74 Å². The second kappa shape index (κ2) is 10.8. The van der Waals surface area contributed by atoms with Crippen molar-refractivity contribution in [3.63, 3.8) is 0 Å². The van der Waals surface area contributed by atoms with Crippen LogP contribution >= 0.6 is 0 Å². The Kier molecular flexibility index (Phi) is 8.17. The van der Waals surface area contributed by atoms with Crippen LogP contribution < -0.4 is 15.5 Å². The Labute approximate surface area is 176 Å². The van der Waals surface area contributed by atoms with E-state index in [1.54, 1.807) is 42.5 Å². The van der Waals surface area contributed by atoms with Crippen LogP contribution in [0, 0.1) is 5.92 Å². The number of carbonyl (C=O) groups is 2. The van der Waals surface area contributed by atoms with Crippen molar-refractivity contribution in [2.24, 2.45) is 11.0 Å². The maximum Gasteiger partial charge on any atom is 0.262 e. The first kappa shape index (κ1) is 22.7. The van der Waals surface area contributed by atoms with Crippen molar-refractivity contribution < 1.29 is 19.4 Å². The van der Waals surface area contributed by atoms with E-state index in [-0.39, 0.29) is 17.6 Å². The quantitative estimate of drug-likeness (QED) is 0.337. The summed E-state index contributed by atoms with van der Waals surface area (Å²) >= 11 is 0. The molecule has 2 amide bonds. The Morgan fingerprint density at radius 3 is 2.53 bits per heavy atom. The van der Waals surface area contributed by atoms with Crippen molar-refractivity contribution in [3.8, 4) is 11.5 Å². The number of hydrazone groups is 1. The molecule has 158 valence electrons. The lowest BCUT2D eigenvalue weighted by Crippen LogP contribution is -2.48. The Hall–Kier alpha value is -3.61. The molecule has 2 aromatic carbocycles. The van der Waals surface area contributed by atoms with Crippen molar-refractivity contribution in [2.45, 2.75) is 26.3 Å². The molecule has 7 nitrogen and oxygen atoms in total. The van der Waals surface area contributed by atoms with Gasteiger partial charge < -0.3 is 15.2 Å². The van der Waals surface area contributed by atoms with E-state index in [0.717, 1.165) is 0 Å². The van der Waals surface area contributed by atoms with Gasteiger partial charge in [0, 0.05) is 11.1 Å². The summed E-state index contributed by atoms with van der Waals surface area (Å²) in [7, 11) is 1.46. The molecule has 3 N–H and O–H groups in total. The number of amides is 2. The number of aromatic hydroxyl groups is 1. The fourth-order valence-corrected chi connectivity index (χ4v) is 2.82. The molecule has 0 aromatic heterocycles. The van der Waals surface area contributed by atoms with Crippen molar-refractivity contribution in [3.05, 3.63) is 71.8 Å². The van der Waals surface area contributed by atoms with Crippen LogP contribution in [0.25, 0.3) is 0 Å². The smallest absolute Gasteiger partial charge is 0.262 e. The van der Waals surface area contributed by atoms with Gasteiger partial charge in [-0.3, -0.25) is 9.59 Å². The summed E-state index contributed by atoms with van der Waals surface area (Å²) in [6, 6.07) is 11.3. The minimum absolute atomic E-state index is 0.0436. The molecule has 0 saturated heterocycles. The molecule has 0 radical (unpaired) electrons. The van der Waals surface area contributed by atoms with Crippen molar-refractivity contribution >= 4 is 18.0 Å². The zero-order chi connectivity index (χ0) is 22.1. The van der Waals surface area contributed by atoms with Crippen LogP contribution in [0.3, 0.4) is 0 Å². The summed E-state index contributed by atoms with van der Waals surface area (Å²) in [4.78, 5) is 25.0. The Bertz CT molecular complexity index is 924. The fraction of sp³-hybridized carbons (Fsp3) is 0.261. The van der Waals surface area contributed by atoms with Gasteiger partial charge in [0.1, 0.15) is 6.04 Å². The molecule has 2 rings (SSSR count). The summed E-state index contributed by atoms with van der Waals surface area (Å²) in [6.45, 7) is 7.35. The van der Waals surface area contributed by atoms with E-state index in [1.807, 2.05) is 19.9 Å². The van der Waals surface area contributed by atoms with Gasteiger partial charge in [0.2, 0.25) is 0 Å². The first-order chi connectivity index (χ1) is 14.4. The first-order valence-corrected chi connectivity index (χ1v) is 9.57. The van der Waals surface area contributed by atoms with E-state index < -0.39 is 11.9 Å². The van der Waals surface area contributed by atoms with Crippen LogP contribution in [-0.4, -0.2) is 36.3 Å². The van der Waals surface area contributed by atoms with E-state index in [9.17, 15) is 14.7 Å². The predicted octanol–water partition coefficient (Wildman–Crippen LogP) is 3.03. The van der Waals surface area contributed by atoms with Gasteiger partial charge in [-0.05, 0) is 42.2 Å². The monoisotopic (exact) mass is 409 g/mol. The lowest BCUT2D eigenvalue weighted by atomic mass is 10.0. The molecular weight excluding hydrogens is 382 g/mol. The van der Waals surface area contributed by atoms with Gasteiger partial charge in [-0.15, -0.1) is 6.58 Å². The molecule has 0 aliphatic rings. The largest absolute Gasteiger partial charge is 0.504 e. The van der Waals surface area contributed by atoms with Gasteiger partial charge in [0.25, 0.3) is 11.8 Å². The van der Waals surface area contributed by atoms with E-state index in [0.29, 0.717) is 28.9 Å². The number of ether oxygens (including phenoxy) is 1. The molecule has 0 spiro atoms. The van der Waals surface area contributed by atoms with Crippen LogP contribution in [0.4, 0.5) is 0 Å². The van der Waals surface area contributed by atoms with Crippen molar-refractivity contribution in [1.29, 1.82) is 0 Å². The van der Waals surface area contributed by atoms with Crippen LogP contribution in [0.5, 0.6) is 11.5 Å². The van der Waals surface area contributed by atoms with Crippen molar-refractivity contribution in [1.82, 2.24) is 10.7 Å². The molecule has 0 saturated carbocycles. The fourth-order valence-electron chi connectivity index (χ4n) is 2.82. The highest BCUT2D eigenvalue weighted by Gasteiger charge is 2.24. The minimum atomic E-state index is -0.750. The molecule has 1 atom stereocenters. The van der Waals surface area contributed by atoms with E-state index >= 15 is 0 Å². The molecule has 1 unspecified atom stereocenters. The van der Waals surface area contributed by atoms with Crippen LogP contribution in [-0.2, 0) is 11.2 Å². The third-order valence-electron chi connectivity index (χ3n) is 4.42. The third-order valence-corrected chi connectivity index (χ3v) is 4.42. The van der Waals surface area contributed by atoms with E-state index in [2.05, 4.69) is 22.4 Å². The van der Waals surface area contributed by atoms with Gasteiger partial charge in [0.05, 0.1) is 13.3 Å². The summed E-state index contributed by atoms with van der Waals surface area (Å²) in [5.74, 6) is -0.548. The number of hydrogen-bond donors (Lipinski definition) is 3. The number of rotatable bonds is 9. The number of nitrogens with one attached hydrogen (secondary N) is 2. The molecule has 0 bridgehead atoms. The normalized spacial score (nSPS) is 11.9. The Morgan fingerprint density at radius 2 is 1.93 bits per heavy atom. The number of allylic oxidation sites excluding steroid dienone is 1. The van der Waals surface area contributed by atoms with Gasteiger partial charge in [-0.2, -0.15) is 5.10 Å². The number of methoxy groups -OCH3 is 1. The predicted molar refractivity (Wildman–Crippen MR) is 117 cm³/mol. The standard InChI is InChI=1S/C23H27N3O4/c1-5-9-18-12-16(13-19(30-4)21(18)27)14-24-26-23(29)20(15(2)3)25-22(28)17-10-7-6-8-11-17/h5-8,10-15,20,27H,1,9H2,2-4H3,(H,25,28)(H,26,29). The number of phenolic OH excluding ortho intramolecular Hbond substituents is 1.